The van der Waals surface area contributed by atoms with Crippen molar-refractivity contribution in [3.05, 3.63) is 0 Å². The minimum Gasteiger partial charge on any atom is -0.297 e. The number of rotatable bonds is 1. The summed E-state index contributed by atoms with van der Waals surface area (Å²) in [5.74, 6) is 1.11. The molecule has 1 heteroatoms. The molecule has 0 N–H and O–H groups in total. The van der Waals surface area contributed by atoms with Crippen LogP contribution in [0.25, 0.3) is 0 Å². The first-order valence-electron chi connectivity index (χ1n) is 5.71. The third-order valence-electron chi connectivity index (χ3n) is 4.28. The first kappa shape index (κ1) is 7.37. The van der Waals surface area contributed by atoms with E-state index in [0.717, 1.165) is 18.0 Å². The summed E-state index contributed by atoms with van der Waals surface area (Å²) in [5.41, 5.74) is 0. The monoisotopic (exact) mass is 165 g/mol. The fraction of sp³-hybridized carbons (Fsp3) is 1.00. The van der Waals surface area contributed by atoms with Crippen LogP contribution in [0.3, 0.4) is 0 Å². The molecule has 12 heavy (non-hydrogen) atoms. The summed E-state index contributed by atoms with van der Waals surface area (Å²) < 4.78 is 0. The molecule has 0 radical (unpaired) electrons. The Kier molecular flexibility index (Phi) is 1.68. The highest BCUT2D eigenvalue weighted by molar-refractivity contribution is 4.99. The van der Waals surface area contributed by atoms with Crippen molar-refractivity contribution in [2.75, 3.05) is 6.54 Å². The first-order chi connectivity index (χ1) is 5.95. The quantitative estimate of drug-likeness (QED) is 0.576. The third kappa shape index (κ3) is 0.953. The maximum Gasteiger partial charge on any atom is 0.0139 e. The van der Waals surface area contributed by atoms with Gasteiger partial charge in [0, 0.05) is 18.6 Å². The van der Waals surface area contributed by atoms with Gasteiger partial charge in [-0.15, -0.1) is 0 Å². The zero-order valence-electron chi connectivity index (χ0n) is 7.84. The van der Waals surface area contributed by atoms with Crippen molar-refractivity contribution >= 4 is 0 Å². The molecule has 0 aromatic carbocycles. The van der Waals surface area contributed by atoms with E-state index in [1.165, 1.54) is 51.5 Å². The molecule has 0 amide bonds. The Labute approximate surface area is 75.1 Å². The SMILES string of the molecule is C1CC(N2C[C@H]3CCCC[C@H]32)C1. The Balaban J connectivity index is 1.61. The van der Waals surface area contributed by atoms with Crippen LogP contribution in [0.15, 0.2) is 0 Å². The molecule has 68 valence electrons. The Morgan fingerprint density at radius 2 is 1.67 bits per heavy atom. The van der Waals surface area contributed by atoms with E-state index in [2.05, 4.69) is 4.90 Å². The van der Waals surface area contributed by atoms with Crippen LogP contribution in [-0.2, 0) is 0 Å². The van der Waals surface area contributed by atoms with Crippen molar-refractivity contribution in [3.8, 4) is 0 Å². The van der Waals surface area contributed by atoms with E-state index < -0.39 is 0 Å². The van der Waals surface area contributed by atoms with E-state index in [4.69, 9.17) is 0 Å². The molecule has 0 spiro atoms. The summed E-state index contributed by atoms with van der Waals surface area (Å²) in [4.78, 5) is 2.81. The van der Waals surface area contributed by atoms with E-state index >= 15 is 0 Å². The van der Waals surface area contributed by atoms with Crippen molar-refractivity contribution < 1.29 is 0 Å². The topological polar surface area (TPSA) is 3.24 Å². The third-order valence-corrected chi connectivity index (χ3v) is 4.28. The van der Waals surface area contributed by atoms with Crippen LogP contribution in [-0.4, -0.2) is 23.5 Å². The van der Waals surface area contributed by atoms with Crippen molar-refractivity contribution in [1.29, 1.82) is 0 Å². The second-order valence-corrected chi connectivity index (χ2v) is 4.89. The molecule has 2 atom stereocenters. The molecule has 3 fully saturated rings. The van der Waals surface area contributed by atoms with Gasteiger partial charge >= 0.3 is 0 Å². The van der Waals surface area contributed by atoms with E-state index in [0.29, 0.717) is 0 Å². The molecule has 0 aromatic rings. The van der Waals surface area contributed by atoms with Gasteiger partial charge in [0.2, 0.25) is 0 Å². The van der Waals surface area contributed by atoms with Crippen LogP contribution in [0.2, 0.25) is 0 Å². The molecule has 0 bridgehead atoms. The Morgan fingerprint density at radius 1 is 0.833 bits per heavy atom. The standard InChI is InChI=1S/C11H19N/c1-2-7-11-9(4-1)8-12(11)10-5-3-6-10/h9-11H,1-8H2/t9-,11-/m1/s1. The number of likely N-dealkylation sites (tertiary alicyclic amines) is 1. The Hall–Kier alpha value is -0.0400. The number of nitrogens with zero attached hydrogens (tertiary/aromatic N) is 1. The van der Waals surface area contributed by atoms with Gasteiger partial charge in [0.1, 0.15) is 0 Å². The Bertz CT molecular complexity index is 172. The molecule has 3 aliphatic rings. The molecule has 1 nitrogen and oxygen atoms in total. The van der Waals surface area contributed by atoms with Gasteiger partial charge in [0.05, 0.1) is 0 Å². The lowest BCUT2D eigenvalue weighted by atomic mass is 9.73. The normalized spacial score (nSPS) is 43.0. The molecular weight excluding hydrogens is 146 g/mol. The smallest absolute Gasteiger partial charge is 0.0139 e. The second kappa shape index (κ2) is 2.73. The molecule has 3 rings (SSSR count). The van der Waals surface area contributed by atoms with Crippen LogP contribution >= 0.6 is 0 Å². The fourth-order valence-corrected chi connectivity index (χ4v) is 3.24. The predicted molar refractivity (Wildman–Crippen MR) is 50.1 cm³/mol. The van der Waals surface area contributed by atoms with Gasteiger partial charge in [-0.3, -0.25) is 4.90 Å². The first-order valence-corrected chi connectivity index (χ1v) is 5.71. The van der Waals surface area contributed by atoms with Crippen LogP contribution in [0.1, 0.15) is 44.9 Å². The maximum absolute atomic E-state index is 2.81. The average molecular weight is 165 g/mol. The van der Waals surface area contributed by atoms with Gasteiger partial charge in [-0.2, -0.15) is 0 Å². The second-order valence-electron chi connectivity index (χ2n) is 4.89. The van der Waals surface area contributed by atoms with Gasteiger partial charge in [-0.05, 0) is 31.6 Å². The minimum atomic E-state index is 1.02. The number of hydrogen-bond donors (Lipinski definition) is 0. The largest absolute Gasteiger partial charge is 0.297 e. The van der Waals surface area contributed by atoms with Crippen molar-refractivity contribution in [3.63, 3.8) is 0 Å². The van der Waals surface area contributed by atoms with E-state index in [1.807, 2.05) is 0 Å². The highest BCUT2D eigenvalue weighted by Crippen LogP contribution is 2.42. The van der Waals surface area contributed by atoms with E-state index in [9.17, 15) is 0 Å². The fourth-order valence-electron chi connectivity index (χ4n) is 3.24. The van der Waals surface area contributed by atoms with Crippen molar-refractivity contribution in [1.82, 2.24) is 4.90 Å². The van der Waals surface area contributed by atoms with Crippen molar-refractivity contribution in [2.24, 2.45) is 5.92 Å². The predicted octanol–water partition coefficient (Wildman–Crippen LogP) is 2.41. The minimum absolute atomic E-state index is 1.02. The number of fused-ring (bicyclic) bond motifs is 1. The zero-order valence-corrected chi connectivity index (χ0v) is 7.84. The van der Waals surface area contributed by atoms with Crippen LogP contribution < -0.4 is 0 Å². The molecule has 2 aliphatic carbocycles. The molecule has 1 heterocycles. The van der Waals surface area contributed by atoms with E-state index in [1.54, 1.807) is 0 Å². The van der Waals surface area contributed by atoms with Gasteiger partial charge in [-0.1, -0.05) is 19.3 Å². The summed E-state index contributed by atoms with van der Waals surface area (Å²) in [5, 5.41) is 0. The van der Waals surface area contributed by atoms with Crippen LogP contribution in [0, 0.1) is 5.92 Å². The molecule has 1 aliphatic heterocycles. The van der Waals surface area contributed by atoms with Crippen LogP contribution in [0.5, 0.6) is 0 Å². The molecular formula is C11H19N. The van der Waals surface area contributed by atoms with Crippen LogP contribution in [0.4, 0.5) is 0 Å². The highest BCUT2D eigenvalue weighted by atomic mass is 15.3. The summed E-state index contributed by atoms with van der Waals surface area (Å²) in [6.07, 6.45) is 10.6. The summed E-state index contributed by atoms with van der Waals surface area (Å²) >= 11 is 0. The molecule has 0 unspecified atom stereocenters. The van der Waals surface area contributed by atoms with E-state index in [-0.39, 0.29) is 0 Å². The zero-order chi connectivity index (χ0) is 7.97. The van der Waals surface area contributed by atoms with Gasteiger partial charge in [0.15, 0.2) is 0 Å². The summed E-state index contributed by atoms with van der Waals surface area (Å²) in [6, 6.07) is 2.05. The summed E-state index contributed by atoms with van der Waals surface area (Å²) in [7, 11) is 0. The highest BCUT2D eigenvalue weighted by Gasteiger charge is 2.44. The maximum atomic E-state index is 2.81. The lowest BCUT2D eigenvalue weighted by molar-refractivity contribution is -0.0686. The van der Waals surface area contributed by atoms with Gasteiger partial charge in [0.25, 0.3) is 0 Å². The lowest BCUT2D eigenvalue weighted by Crippen LogP contribution is -2.62. The van der Waals surface area contributed by atoms with Crippen molar-refractivity contribution in [2.45, 2.75) is 57.0 Å². The summed E-state index contributed by atoms with van der Waals surface area (Å²) in [6.45, 7) is 1.45. The van der Waals surface area contributed by atoms with Gasteiger partial charge < -0.3 is 0 Å². The molecule has 1 saturated heterocycles. The number of hydrogen-bond acceptors (Lipinski definition) is 1. The molecule has 2 saturated carbocycles. The Morgan fingerprint density at radius 3 is 2.33 bits per heavy atom. The average Bonchev–Trinajstić information content (AvgIpc) is 1.97. The lowest BCUT2D eigenvalue weighted by Gasteiger charge is -2.56. The molecule has 0 aromatic heterocycles. The van der Waals surface area contributed by atoms with Gasteiger partial charge in [-0.25, -0.2) is 0 Å².